The lowest BCUT2D eigenvalue weighted by Crippen LogP contribution is -2.49. The Morgan fingerprint density at radius 1 is 0.738 bits per heavy atom. The van der Waals surface area contributed by atoms with Gasteiger partial charge in [-0.05, 0) is 59.1 Å². The van der Waals surface area contributed by atoms with E-state index in [1.165, 1.54) is 12.1 Å². The van der Waals surface area contributed by atoms with Crippen LogP contribution in [0.4, 0.5) is 0 Å². The third-order valence-electron chi connectivity index (χ3n) is 6.00. The van der Waals surface area contributed by atoms with Crippen molar-refractivity contribution in [2.75, 3.05) is 13.1 Å². The lowest BCUT2D eigenvalue weighted by Gasteiger charge is -2.18. The molecule has 0 saturated carbocycles. The molecule has 220 valence electrons. The van der Waals surface area contributed by atoms with Gasteiger partial charge in [-0.25, -0.2) is 0 Å². The molecule has 0 fully saturated rings. The van der Waals surface area contributed by atoms with Gasteiger partial charge in [0, 0.05) is 11.3 Å². The SMILES string of the molecule is N[C@@H](Cc1ccc(O)cc1)C(=O)NCC(=O)NCC(=O)N[C@@H](Cc1ccccc1)C(=O)Sc1ccc(CC(=O)O)cc1. The zero-order valence-corrected chi connectivity index (χ0v) is 23.4. The third-order valence-corrected chi connectivity index (χ3v) is 6.99. The van der Waals surface area contributed by atoms with Crippen LogP contribution in [-0.2, 0) is 43.2 Å². The van der Waals surface area contributed by atoms with E-state index in [2.05, 4.69) is 16.0 Å². The molecule has 3 amide bonds. The zero-order chi connectivity index (χ0) is 30.5. The summed E-state index contributed by atoms with van der Waals surface area (Å²) in [6, 6.07) is 20.1. The van der Waals surface area contributed by atoms with Gasteiger partial charge in [-0.15, -0.1) is 0 Å². The number of phenols is 1. The number of benzene rings is 3. The number of carbonyl (C=O) groups excluding carboxylic acids is 4. The van der Waals surface area contributed by atoms with Crippen LogP contribution >= 0.6 is 11.8 Å². The van der Waals surface area contributed by atoms with Gasteiger partial charge in [0.25, 0.3) is 0 Å². The second-order valence-electron chi connectivity index (χ2n) is 9.42. The summed E-state index contributed by atoms with van der Waals surface area (Å²) in [6.07, 6.45) is 0.295. The van der Waals surface area contributed by atoms with Crippen molar-refractivity contribution in [2.24, 2.45) is 5.73 Å². The summed E-state index contributed by atoms with van der Waals surface area (Å²) in [4.78, 5) is 61.8. The van der Waals surface area contributed by atoms with E-state index in [0.29, 0.717) is 10.5 Å². The number of carboxylic acid groups (broad SMARTS) is 1. The number of phenolic OH excluding ortho intramolecular Hbond substituents is 1. The maximum Gasteiger partial charge on any atom is 0.307 e. The van der Waals surface area contributed by atoms with Crippen LogP contribution in [0.3, 0.4) is 0 Å². The number of aromatic hydroxyl groups is 1. The maximum atomic E-state index is 13.1. The Kier molecular flexibility index (Phi) is 12.1. The number of nitrogens with one attached hydrogen (secondary N) is 3. The van der Waals surface area contributed by atoms with Gasteiger partial charge >= 0.3 is 5.97 Å². The number of carboxylic acids is 1. The lowest BCUT2D eigenvalue weighted by atomic mass is 10.1. The predicted octanol–water partition coefficient (Wildman–Crippen LogP) is 1.17. The minimum atomic E-state index is -0.958. The molecule has 2 atom stereocenters. The van der Waals surface area contributed by atoms with E-state index in [0.717, 1.165) is 22.9 Å². The molecular formula is C30H32N4O7S. The number of hydrogen-bond acceptors (Lipinski definition) is 8. The summed E-state index contributed by atoms with van der Waals surface area (Å²) in [7, 11) is 0. The molecule has 42 heavy (non-hydrogen) atoms. The zero-order valence-electron chi connectivity index (χ0n) is 22.6. The highest BCUT2D eigenvalue weighted by Gasteiger charge is 2.23. The van der Waals surface area contributed by atoms with Gasteiger partial charge in [0.15, 0.2) is 0 Å². The summed E-state index contributed by atoms with van der Waals surface area (Å²) in [5.74, 6) is -2.62. The van der Waals surface area contributed by atoms with Crippen molar-refractivity contribution in [3.05, 3.63) is 95.6 Å². The first-order valence-corrected chi connectivity index (χ1v) is 13.8. The molecule has 0 unspecified atom stereocenters. The summed E-state index contributed by atoms with van der Waals surface area (Å²) < 4.78 is 0. The van der Waals surface area contributed by atoms with E-state index in [1.54, 1.807) is 36.4 Å². The highest BCUT2D eigenvalue weighted by Crippen LogP contribution is 2.22. The maximum absolute atomic E-state index is 13.1. The van der Waals surface area contributed by atoms with E-state index < -0.39 is 48.9 Å². The molecule has 11 nitrogen and oxygen atoms in total. The van der Waals surface area contributed by atoms with E-state index in [9.17, 15) is 29.1 Å². The Balaban J connectivity index is 1.50. The Hall–Kier alpha value is -4.68. The number of rotatable bonds is 14. The minimum Gasteiger partial charge on any atom is -0.508 e. The van der Waals surface area contributed by atoms with Crippen molar-refractivity contribution in [1.82, 2.24) is 16.0 Å². The molecule has 0 aromatic heterocycles. The number of nitrogens with two attached hydrogens (primary N) is 1. The molecule has 0 aliphatic rings. The Labute approximate surface area is 246 Å². The average molecular weight is 593 g/mol. The van der Waals surface area contributed by atoms with E-state index in [1.807, 2.05) is 30.3 Å². The molecule has 0 spiro atoms. The van der Waals surface area contributed by atoms with Gasteiger partial charge in [-0.2, -0.15) is 0 Å². The number of carbonyl (C=O) groups is 5. The number of thioether (sulfide) groups is 1. The van der Waals surface area contributed by atoms with E-state index in [-0.39, 0.29) is 30.1 Å². The highest BCUT2D eigenvalue weighted by molar-refractivity contribution is 8.13. The normalized spacial score (nSPS) is 12.0. The van der Waals surface area contributed by atoms with E-state index >= 15 is 0 Å². The van der Waals surface area contributed by atoms with Crippen molar-refractivity contribution in [3.63, 3.8) is 0 Å². The van der Waals surface area contributed by atoms with Gasteiger partial charge < -0.3 is 31.9 Å². The van der Waals surface area contributed by atoms with Crippen molar-refractivity contribution < 1.29 is 34.2 Å². The molecule has 0 aliphatic heterocycles. The largest absolute Gasteiger partial charge is 0.508 e. The molecule has 3 aromatic rings. The van der Waals surface area contributed by atoms with Crippen LogP contribution in [0.1, 0.15) is 16.7 Å². The Bertz CT molecular complexity index is 1380. The van der Waals surface area contributed by atoms with Crippen LogP contribution in [0.5, 0.6) is 5.75 Å². The smallest absolute Gasteiger partial charge is 0.307 e. The first kappa shape index (κ1) is 31.8. The molecule has 0 saturated heterocycles. The summed E-state index contributed by atoms with van der Waals surface area (Å²) in [5.41, 5.74) is 8.06. The first-order valence-electron chi connectivity index (χ1n) is 13.0. The summed E-state index contributed by atoms with van der Waals surface area (Å²) in [5, 5.41) is 25.5. The van der Waals surface area contributed by atoms with Crippen LogP contribution in [0.2, 0.25) is 0 Å². The highest BCUT2D eigenvalue weighted by atomic mass is 32.2. The number of hydrogen-bond donors (Lipinski definition) is 6. The van der Waals surface area contributed by atoms with Gasteiger partial charge in [0.1, 0.15) is 11.8 Å². The summed E-state index contributed by atoms with van der Waals surface area (Å²) >= 11 is 0.920. The third kappa shape index (κ3) is 11.1. The molecule has 0 heterocycles. The van der Waals surface area contributed by atoms with Crippen LogP contribution in [-0.4, -0.2) is 64.2 Å². The molecule has 0 aliphatic carbocycles. The van der Waals surface area contributed by atoms with Gasteiger partial charge in [0.05, 0.1) is 25.6 Å². The molecule has 12 heteroatoms. The van der Waals surface area contributed by atoms with Gasteiger partial charge in [-0.3, -0.25) is 24.0 Å². The van der Waals surface area contributed by atoms with Gasteiger partial charge in [0.2, 0.25) is 22.8 Å². The Morgan fingerprint density at radius 2 is 1.33 bits per heavy atom. The van der Waals surface area contributed by atoms with Crippen LogP contribution in [0.15, 0.2) is 83.8 Å². The van der Waals surface area contributed by atoms with Crippen molar-refractivity contribution in [2.45, 2.75) is 36.2 Å². The minimum absolute atomic E-state index is 0.0937. The fourth-order valence-corrected chi connectivity index (χ4v) is 4.63. The number of aliphatic carboxylic acids is 1. The van der Waals surface area contributed by atoms with Crippen molar-refractivity contribution in [1.29, 1.82) is 0 Å². The van der Waals surface area contributed by atoms with Crippen LogP contribution in [0, 0.1) is 0 Å². The molecule has 3 rings (SSSR count). The predicted molar refractivity (Wildman–Crippen MR) is 157 cm³/mol. The summed E-state index contributed by atoms with van der Waals surface area (Å²) in [6.45, 7) is -0.809. The first-order chi connectivity index (χ1) is 20.1. The van der Waals surface area contributed by atoms with Gasteiger partial charge in [-0.1, -0.05) is 54.6 Å². The topological polar surface area (TPSA) is 188 Å². The van der Waals surface area contributed by atoms with Crippen molar-refractivity contribution >= 4 is 40.6 Å². The Morgan fingerprint density at radius 3 is 1.98 bits per heavy atom. The molecule has 0 bridgehead atoms. The van der Waals surface area contributed by atoms with E-state index in [4.69, 9.17) is 10.8 Å². The fraction of sp³-hybridized carbons (Fsp3) is 0.233. The standard InChI is InChI=1S/C30H32N4O7S/c31-24(14-20-6-10-22(35)11-7-20)29(40)33-17-26(36)32-18-27(37)34-25(15-19-4-2-1-3-5-19)30(41)42-23-12-8-21(9-13-23)16-28(38)39/h1-13,24-25,35H,14-18,31H2,(H,32,36)(H,33,40)(H,34,37)(H,38,39)/t24-,25-/m0/s1. The second-order valence-corrected chi connectivity index (χ2v) is 10.5. The molecular weight excluding hydrogens is 560 g/mol. The second kappa shape index (κ2) is 15.9. The average Bonchev–Trinajstić information content (AvgIpc) is 2.97. The van der Waals surface area contributed by atoms with Crippen LogP contribution in [0.25, 0.3) is 0 Å². The van der Waals surface area contributed by atoms with Crippen molar-refractivity contribution in [3.8, 4) is 5.75 Å². The lowest BCUT2D eigenvalue weighted by molar-refractivity contribution is -0.136. The fourth-order valence-electron chi connectivity index (χ4n) is 3.84. The molecule has 7 N–H and O–H groups in total. The number of amides is 3. The van der Waals surface area contributed by atoms with Crippen LogP contribution < -0.4 is 21.7 Å². The monoisotopic (exact) mass is 592 g/mol. The molecule has 0 radical (unpaired) electrons. The quantitative estimate of drug-likeness (QED) is 0.149. The molecule has 3 aromatic carbocycles.